The van der Waals surface area contributed by atoms with Crippen LogP contribution in [0.15, 0.2) is 52.7 Å². The van der Waals surface area contributed by atoms with E-state index < -0.39 is 9.84 Å². The molecule has 1 aliphatic carbocycles. The predicted octanol–water partition coefficient (Wildman–Crippen LogP) is 4.72. The first-order valence-corrected chi connectivity index (χ1v) is 14.4. The summed E-state index contributed by atoms with van der Waals surface area (Å²) >= 11 is 1.32. The van der Waals surface area contributed by atoms with Gasteiger partial charge in [0.05, 0.1) is 31.7 Å². The third kappa shape index (κ3) is 4.62. The number of rotatable bonds is 8. The number of carbonyl (C=O) groups is 1. The van der Waals surface area contributed by atoms with Crippen molar-refractivity contribution in [2.45, 2.75) is 42.4 Å². The smallest absolute Gasteiger partial charge is 0.306 e. The van der Waals surface area contributed by atoms with E-state index in [0.717, 1.165) is 40.0 Å². The fourth-order valence-electron chi connectivity index (χ4n) is 4.90. The Morgan fingerprint density at radius 3 is 2.49 bits per heavy atom. The third-order valence-electron chi connectivity index (χ3n) is 6.71. The van der Waals surface area contributed by atoms with E-state index in [4.69, 9.17) is 14.2 Å². The fraction of sp³-hybridized carbons (Fsp3) is 0.370. The Labute approximate surface area is 209 Å². The Kier molecular flexibility index (Phi) is 6.46. The Morgan fingerprint density at radius 2 is 1.83 bits per heavy atom. The molecule has 2 heterocycles. The van der Waals surface area contributed by atoms with Crippen LogP contribution in [-0.2, 0) is 49.0 Å². The molecule has 0 radical (unpaired) electrons. The van der Waals surface area contributed by atoms with Crippen molar-refractivity contribution in [2.75, 3.05) is 26.1 Å². The van der Waals surface area contributed by atoms with Gasteiger partial charge in [0.15, 0.2) is 9.84 Å². The molecule has 3 aromatic rings. The van der Waals surface area contributed by atoms with Crippen molar-refractivity contribution in [3.63, 3.8) is 0 Å². The van der Waals surface area contributed by atoms with Crippen LogP contribution in [0.3, 0.4) is 0 Å². The molecule has 0 unspecified atom stereocenters. The molecule has 5 rings (SSSR count). The van der Waals surface area contributed by atoms with Gasteiger partial charge in [-0.1, -0.05) is 36.4 Å². The van der Waals surface area contributed by atoms with Crippen molar-refractivity contribution in [3.05, 3.63) is 70.1 Å². The largest absolute Gasteiger partial charge is 0.488 e. The summed E-state index contributed by atoms with van der Waals surface area (Å²) in [5.74, 6) is 0.474. The molecule has 1 fully saturated rings. The van der Waals surface area contributed by atoms with Crippen molar-refractivity contribution in [1.82, 2.24) is 0 Å². The molecular weight excluding hydrogens is 484 g/mol. The summed E-state index contributed by atoms with van der Waals surface area (Å²) in [5.41, 5.74) is 4.78. The lowest BCUT2D eigenvalue weighted by atomic mass is 9.76. The van der Waals surface area contributed by atoms with Gasteiger partial charge in [-0.25, -0.2) is 8.42 Å². The van der Waals surface area contributed by atoms with E-state index in [9.17, 15) is 13.2 Å². The molecule has 6 nitrogen and oxygen atoms in total. The zero-order valence-corrected chi connectivity index (χ0v) is 21.5. The molecule has 1 aliphatic heterocycles. The van der Waals surface area contributed by atoms with Crippen molar-refractivity contribution < 1.29 is 27.4 Å². The van der Waals surface area contributed by atoms with Gasteiger partial charge in [-0.2, -0.15) is 0 Å². The Bertz CT molecular complexity index is 1350. The number of sulfone groups is 1. The van der Waals surface area contributed by atoms with Crippen LogP contribution in [0.5, 0.6) is 5.75 Å². The summed E-state index contributed by atoms with van der Waals surface area (Å²) in [6.45, 7) is 3.45. The van der Waals surface area contributed by atoms with Gasteiger partial charge < -0.3 is 14.2 Å². The standard InChI is InChI=1S/C27H28O6S2/c1-3-32-24(28)14-27(16-31-17-27)19-9-11-20(12-10-19)33-15-23-22-13-8-18-6-4-5-7-21(18)25(22)26(34-23)35(2,29)30/h4-7,9-12H,3,8,13-17H2,1-2H3. The second-order valence-electron chi connectivity index (χ2n) is 9.16. The molecule has 0 atom stereocenters. The summed E-state index contributed by atoms with van der Waals surface area (Å²) < 4.78 is 42.3. The summed E-state index contributed by atoms with van der Waals surface area (Å²) in [5, 5.41) is 0. The lowest BCUT2D eigenvalue weighted by molar-refractivity contribution is -0.151. The van der Waals surface area contributed by atoms with Crippen LogP contribution in [0.25, 0.3) is 11.1 Å². The number of aryl methyl sites for hydroxylation is 1. The topological polar surface area (TPSA) is 78.9 Å². The Balaban J connectivity index is 1.36. The van der Waals surface area contributed by atoms with Crippen LogP contribution in [0, 0.1) is 0 Å². The second kappa shape index (κ2) is 9.41. The van der Waals surface area contributed by atoms with Gasteiger partial charge in [0, 0.05) is 16.7 Å². The van der Waals surface area contributed by atoms with Crippen molar-refractivity contribution in [2.24, 2.45) is 0 Å². The average molecular weight is 513 g/mol. The second-order valence-corrected chi connectivity index (χ2v) is 12.5. The molecule has 2 aliphatic rings. The quantitative estimate of drug-likeness (QED) is 0.407. The molecule has 1 aromatic heterocycles. The Hall–Kier alpha value is -2.68. The van der Waals surface area contributed by atoms with Crippen LogP contribution < -0.4 is 4.74 Å². The first kappa shape index (κ1) is 24.0. The lowest BCUT2D eigenvalue weighted by Crippen LogP contribution is -2.48. The molecular formula is C27H28O6S2. The van der Waals surface area contributed by atoms with Crippen molar-refractivity contribution >= 4 is 27.1 Å². The van der Waals surface area contributed by atoms with Gasteiger partial charge >= 0.3 is 5.97 Å². The van der Waals surface area contributed by atoms with E-state index in [1.807, 2.05) is 42.5 Å². The van der Waals surface area contributed by atoms with Crippen LogP contribution in [0.2, 0.25) is 0 Å². The normalized spacial score (nSPS) is 16.1. The zero-order chi connectivity index (χ0) is 24.6. The summed E-state index contributed by atoms with van der Waals surface area (Å²) in [4.78, 5) is 13.0. The SMILES string of the molecule is CCOC(=O)CC1(c2ccc(OCc3sc(S(C)(=O)=O)c4c3CCc3ccccc3-4)cc2)COC1. The minimum absolute atomic E-state index is 0.221. The molecule has 0 bridgehead atoms. The molecule has 2 aromatic carbocycles. The van der Waals surface area contributed by atoms with E-state index in [2.05, 4.69) is 6.07 Å². The number of thiophene rings is 1. The molecule has 0 spiro atoms. The van der Waals surface area contributed by atoms with Gasteiger partial charge in [-0.15, -0.1) is 11.3 Å². The molecule has 35 heavy (non-hydrogen) atoms. The van der Waals surface area contributed by atoms with E-state index in [1.165, 1.54) is 23.2 Å². The first-order chi connectivity index (χ1) is 16.8. The summed E-state index contributed by atoms with van der Waals surface area (Å²) in [6, 6.07) is 15.8. The van der Waals surface area contributed by atoms with Crippen molar-refractivity contribution in [1.29, 1.82) is 0 Å². The number of hydrogen-bond donors (Lipinski definition) is 0. The number of esters is 1. The first-order valence-electron chi connectivity index (χ1n) is 11.7. The summed E-state index contributed by atoms with van der Waals surface area (Å²) in [6.07, 6.45) is 3.25. The lowest BCUT2D eigenvalue weighted by Gasteiger charge is -2.41. The highest BCUT2D eigenvalue weighted by Gasteiger charge is 2.42. The molecule has 184 valence electrons. The summed E-state index contributed by atoms with van der Waals surface area (Å²) in [7, 11) is -3.37. The minimum Gasteiger partial charge on any atom is -0.488 e. The average Bonchev–Trinajstić information content (AvgIpc) is 3.20. The van der Waals surface area contributed by atoms with Crippen LogP contribution in [0.1, 0.15) is 34.9 Å². The molecule has 1 saturated heterocycles. The number of hydrogen-bond acceptors (Lipinski definition) is 7. The van der Waals surface area contributed by atoms with Gasteiger partial charge in [0.2, 0.25) is 0 Å². The molecule has 0 N–H and O–H groups in total. The fourth-order valence-corrected chi connectivity index (χ4v) is 7.42. The van der Waals surface area contributed by atoms with Crippen LogP contribution in [0.4, 0.5) is 0 Å². The van der Waals surface area contributed by atoms with Gasteiger partial charge in [-0.05, 0) is 54.2 Å². The van der Waals surface area contributed by atoms with E-state index in [1.54, 1.807) is 6.92 Å². The predicted molar refractivity (Wildman–Crippen MR) is 135 cm³/mol. The molecule has 0 amide bonds. The highest BCUT2D eigenvalue weighted by molar-refractivity contribution is 7.93. The number of ether oxygens (including phenoxy) is 3. The number of carbonyl (C=O) groups excluding carboxylic acids is 1. The Morgan fingerprint density at radius 1 is 1.09 bits per heavy atom. The number of fused-ring (bicyclic) bond motifs is 3. The highest BCUT2D eigenvalue weighted by atomic mass is 32.2. The van der Waals surface area contributed by atoms with E-state index in [-0.39, 0.29) is 17.8 Å². The zero-order valence-electron chi connectivity index (χ0n) is 19.8. The van der Waals surface area contributed by atoms with Gasteiger partial charge in [0.1, 0.15) is 16.6 Å². The molecule has 8 heteroatoms. The maximum absolute atomic E-state index is 12.6. The van der Waals surface area contributed by atoms with E-state index >= 15 is 0 Å². The van der Waals surface area contributed by atoms with Crippen LogP contribution in [-0.4, -0.2) is 40.5 Å². The van der Waals surface area contributed by atoms with Gasteiger partial charge in [-0.3, -0.25) is 4.79 Å². The minimum atomic E-state index is -3.37. The van der Waals surface area contributed by atoms with Crippen LogP contribution >= 0.6 is 11.3 Å². The van der Waals surface area contributed by atoms with Gasteiger partial charge in [0.25, 0.3) is 0 Å². The monoisotopic (exact) mass is 512 g/mol. The third-order valence-corrected chi connectivity index (χ3v) is 9.74. The van der Waals surface area contributed by atoms with Crippen molar-refractivity contribution in [3.8, 4) is 16.9 Å². The maximum Gasteiger partial charge on any atom is 0.306 e. The number of benzene rings is 2. The molecule has 0 saturated carbocycles. The van der Waals surface area contributed by atoms with E-state index in [0.29, 0.717) is 36.4 Å². The highest BCUT2D eigenvalue weighted by Crippen LogP contribution is 2.45. The maximum atomic E-state index is 12.6.